The van der Waals surface area contributed by atoms with Gasteiger partial charge in [-0.3, -0.25) is 9.10 Å². The van der Waals surface area contributed by atoms with Gasteiger partial charge >= 0.3 is 0 Å². The second-order valence-corrected chi connectivity index (χ2v) is 13.6. The number of sulfonamides is 2. The van der Waals surface area contributed by atoms with Crippen molar-refractivity contribution in [3.63, 3.8) is 0 Å². The molecule has 0 radical (unpaired) electrons. The van der Waals surface area contributed by atoms with E-state index in [0.29, 0.717) is 29.9 Å². The van der Waals surface area contributed by atoms with Gasteiger partial charge in [0.05, 0.1) is 34.9 Å². The summed E-state index contributed by atoms with van der Waals surface area (Å²) >= 11 is 3.30. The number of ether oxygens (including phenoxy) is 2. The fourth-order valence-electron chi connectivity index (χ4n) is 4.27. The highest BCUT2D eigenvalue weighted by molar-refractivity contribution is 9.10. The van der Waals surface area contributed by atoms with Crippen LogP contribution in [0.3, 0.4) is 0 Å². The first kappa shape index (κ1) is 29.8. The number of halogens is 1. The van der Waals surface area contributed by atoms with Gasteiger partial charge in [0.2, 0.25) is 15.9 Å². The monoisotopic (exact) mass is 651 g/mol. The van der Waals surface area contributed by atoms with E-state index in [-0.39, 0.29) is 26.9 Å². The van der Waals surface area contributed by atoms with Crippen molar-refractivity contribution in [1.29, 1.82) is 0 Å². The highest BCUT2D eigenvalue weighted by Crippen LogP contribution is 2.31. The van der Waals surface area contributed by atoms with Crippen LogP contribution in [0, 0.1) is 0 Å². The summed E-state index contributed by atoms with van der Waals surface area (Å²) in [6, 6.07) is 16.6. The molecule has 214 valence electrons. The number of nitrogens with zero attached hydrogens (tertiary/aromatic N) is 2. The number of carbonyl (C=O) groups excluding carboxylic acids is 1. The van der Waals surface area contributed by atoms with Crippen molar-refractivity contribution in [2.75, 3.05) is 43.0 Å². The lowest BCUT2D eigenvalue weighted by Gasteiger charge is -2.25. The number of nitrogens with one attached hydrogen (secondary N) is 1. The second kappa shape index (κ2) is 12.6. The average molecular weight is 653 g/mol. The lowest BCUT2D eigenvalue weighted by atomic mass is 10.2. The Morgan fingerprint density at radius 2 is 1.57 bits per heavy atom. The molecule has 1 saturated heterocycles. The van der Waals surface area contributed by atoms with E-state index in [1.807, 2.05) is 6.92 Å². The van der Waals surface area contributed by atoms with Gasteiger partial charge in [-0.1, -0.05) is 15.9 Å². The molecule has 0 spiro atoms. The second-order valence-electron chi connectivity index (χ2n) is 8.91. The van der Waals surface area contributed by atoms with Crippen molar-refractivity contribution < 1.29 is 31.1 Å². The van der Waals surface area contributed by atoms with Gasteiger partial charge in [0.1, 0.15) is 18.0 Å². The van der Waals surface area contributed by atoms with Gasteiger partial charge in [-0.2, -0.15) is 4.31 Å². The van der Waals surface area contributed by atoms with Crippen LogP contribution in [-0.4, -0.2) is 60.4 Å². The summed E-state index contributed by atoms with van der Waals surface area (Å²) in [5, 5.41) is 2.64. The highest BCUT2D eigenvalue weighted by Gasteiger charge is 2.30. The molecule has 40 heavy (non-hydrogen) atoms. The van der Waals surface area contributed by atoms with Gasteiger partial charge in [0.15, 0.2) is 0 Å². The summed E-state index contributed by atoms with van der Waals surface area (Å²) in [4.78, 5) is 13.3. The molecule has 1 amide bonds. The van der Waals surface area contributed by atoms with Crippen molar-refractivity contribution in [2.24, 2.45) is 0 Å². The number of anilines is 2. The van der Waals surface area contributed by atoms with Gasteiger partial charge in [-0.15, -0.1) is 0 Å². The van der Waals surface area contributed by atoms with Crippen molar-refractivity contribution >= 4 is 53.3 Å². The van der Waals surface area contributed by atoms with E-state index in [1.54, 1.807) is 36.4 Å². The first-order valence-corrected chi connectivity index (χ1v) is 16.2. The lowest BCUT2D eigenvalue weighted by Crippen LogP contribution is -2.38. The zero-order valence-corrected chi connectivity index (χ0v) is 25.3. The Labute approximate surface area is 243 Å². The molecule has 0 aromatic heterocycles. The Kier molecular flexibility index (Phi) is 9.39. The summed E-state index contributed by atoms with van der Waals surface area (Å²) in [6.45, 7) is 2.56. The van der Waals surface area contributed by atoms with Crippen molar-refractivity contribution in [3.05, 3.63) is 71.2 Å². The Balaban J connectivity index is 1.65. The summed E-state index contributed by atoms with van der Waals surface area (Å²) in [7, 11) is -6.53. The van der Waals surface area contributed by atoms with Crippen LogP contribution in [-0.2, 0) is 24.8 Å². The molecule has 0 bridgehead atoms. The third-order valence-corrected chi connectivity index (χ3v) is 10.5. The van der Waals surface area contributed by atoms with E-state index in [4.69, 9.17) is 9.47 Å². The van der Waals surface area contributed by atoms with Gasteiger partial charge in [-0.05, 0) is 86.5 Å². The van der Waals surface area contributed by atoms with E-state index in [1.165, 1.54) is 41.7 Å². The fraction of sp³-hybridized carbons (Fsp3) is 0.296. The molecule has 1 N–H and O–H groups in total. The van der Waals surface area contributed by atoms with Crippen LogP contribution >= 0.6 is 15.9 Å². The van der Waals surface area contributed by atoms with Crippen LogP contribution < -0.4 is 19.1 Å². The minimum Gasteiger partial charge on any atom is -0.495 e. The summed E-state index contributed by atoms with van der Waals surface area (Å²) in [5.41, 5.74) is 0.360. The standard InChI is InChI=1S/C27H30BrN3O7S2/c1-3-38-22-10-8-21(9-11-22)31(40(35,36)23-12-6-20(28)7-13-23)19-27(32)29-25-18-24(14-15-26(25)37-2)39(33,34)30-16-4-5-17-30/h6-15,18H,3-5,16-17,19H2,1-2H3,(H,29,32). The van der Waals surface area contributed by atoms with Crippen molar-refractivity contribution in [2.45, 2.75) is 29.6 Å². The van der Waals surface area contributed by atoms with Crippen molar-refractivity contribution in [3.8, 4) is 11.5 Å². The predicted octanol–water partition coefficient (Wildman–Crippen LogP) is 4.47. The molecule has 1 fully saturated rings. The number of hydrogen-bond donors (Lipinski definition) is 1. The quantitative estimate of drug-likeness (QED) is 0.324. The van der Waals surface area contributed by atoms with Crippen LogP contribution in [0.1, 0.15) is 19.8 Å². The Morgan fingerprint density at radius 1 is 0.950 bits per heavy atom. The normalized spacial score (nSPS) is 14.1. The van der Waals surface area contributed by atoms with Crippen LogP contribution in [0.25, 0.3) is 0 Å². The van der Waals surface area contributed by atoms with Crippen LogP contribution in [0.4, 0.5) is 11.4 Å². The molecule has 13 heteroatoms. The third-order valence-electron chi connectivity index (χ3n) is 6.27. The molecule has 0 saturated carbocycles. The maximum atomic E-state index is 13.7. The summed E-state index contributed by atoms with van der Waals surface area (Å²) in [5.74, 6) is 0.0955. The number of benzene rings is 3. The van der Waals surface area contributed by atoms with Crippen LogP contribution in [0.15, 0.2) is 81.0 Å². The van der Waals surface area contributed by atoms with E-state index in [0.717, 1.165) is 17.1 Å². The largest absolute Gasteiger partial charge is 0.495 e. The van der Waals surface area contributed by atoms with E-state index in [2.05, 4.69) is 21.2 Å². The number of amides is 1. The molecule has 10 nitrogen and oxygen atoms in total. The molecule has 0 atom stereocenters. The molecule has 0 aliphatic carbocycles. The minimum absolute atomic E-state index is 0.00586. The number of carbonyl (C=O) groups is 1. The molecule has 4 rings (SSSR count). The number of rotatable bonds is 11. The number of hydrogen-bond acceptors (Lipinski definition) is 7. The van der Waals surface area contributed by atoms with Gasteiger partial charge in [-0.25, -0.2) is 16.8 Å². The SMILES string of the molecule is CCOc1ccc(N(CC(=O)Nc2cc(S(=O)(=O)N3CCCC3)ccc2OC)S(=O)(=O)c2ccc(Br)cc2)cc1. The Hall–Kier alpha value is -3.13. The van der Waals surface area contributed by atoms with Crippen LogP contribution in [0.2, 0.25) is 0 Å². The van der Waals surface area contributed by atoms with Crippen LogP contribution in [0.5, 0.6) is 11.5 Å². The van der Waals surface area contributed by atoms with Crippen molar-refractivity contribution in [1.82, 2.24) is 4.31 Å². The molecule has 1 aliphatic rings. The molecule has 0 unspecified atom stereocenters. The highest BCUT2D eigenvalue weighted by atomic mass is 79.9. The first-order valence-electron chi connectivity index (χ1n) is 12.6. The molecular formula is C27H30BrN3O7S2. The van der Waals surface area contributed by atoms with Gasteiger partial charge in [0.25, 0.3) is 10.0 Å². The Bertz CT molecular complexity index is 1560. The smallest absolute Gasteiger partial charge is 0.264 e. The predicted molar refractivity (Wildman–Crippen MR) is 156 cm³/mol. The minimum atomic E-state index is -4.16. The maximum absolute atomic E-state index is 13.7. The molecule has 1 heterocycles. The summed E-state index contributed by atoms with van der Waals surface area (Å²) in [6.07, 6.45) is 1.57. The molecule has 1 aliphatic heterocycles. The van der Waals surface area contributed by atoms with E-state index < -0.39 is 32.5 Å². The molecule has 3 aromatic rings. The van der Waals surface area contributed by atoms with Gasteiger partial charge < -0.3 is 14.8 Å². The van der Waals surface area contributed by atoms with E-state index in [9.17, 15) is 21.6 Å². The first-order chi connectivity index (χ1) is 19.1. The van der Waals surface area contributed by atoms with Gasteiger partial charge in [0, 0.05) is 17.6 Å². The summed E-state index contributed by atoms with van der Waals surface area (Å²) < 4.78 is 67.5. The maximum Gasteiger partial charge on any atom is 0.264 e. The average Bonchev–Trinajstić information content (AvgIpc) is 3.49. The lowest BCUT2D eigenvalue weighted by molar-refractivity contribution is -0.114. The van der Waals surface area contributed by atoms with E-state index >= 15 is 0 Å². The Morgan fingerprint density at radius 3 is 2.17 bits per heavy atom. The zero-order valence-electron chi connectivity index (χ0n) is 22.0. The zero-order chi connectivity index (χ0) is 28.9. The molecular weight excluding hydrogens is 622 g/mol. The third kappa shape index (κ3) is 6.60. The molecule has 3 aromatic carbocycles. The topological polar surface area (TPSA) is 122 Å². The fourth-order valence-corrected chi connectivity index (χ4v) is 7.50. The number of methoxy groups -OCH3 is 1.